The zero-order chi connectivity index (χ0) is 15.5. The van der Waals surface area contributed by atoms with Crippen LogP contribution in [-0.2, 0) is 24.1 Å². The van der Waals surface area contributed by atoms with Crippen molar-refractivity contribution in [2.24, 2.45) is 0 Å². The molecule has 1 aromatic heterocycles. The van der Waals surface area contributed by atoms with E-state index in [0.717, 1.165) is 36.4 Å². The minimum atomic E-state index is -0.217. The summed E-state index contributed by atoms with van der Waals surface area (Å²) in [6.45, 7) is 2.81. The number of thiophene rings is 1. The van der Waals surface area contributed by atoms with Crippen molar-refractivity contribution in [2.45, 2.75) is 39.2 Å². The molecule has 3 nitrogen and oxygen atoms in total. The van der Waals surface area contributed by atoms with E-state index >= 15 is 0 Å². The fourth-order valence-electron chi connectivity index (χ4n) is 2.90. The number of rotatable bonds is 4. The number of nitrogens with one attached hydrogen (secondary N) is 1. The van der Waals surface area contributed by atoms with Crippen LogP contribution in [0.2, 0.25) is 0 Å². The van der Waals surface area contributed by atoms with Crippen LogP contribution >= 0.6 is 11.3 Å². The molecule has 1 heterocycles. The van der Waals surface area contributed by atoms with Crippen molar-refractivity contribution >= 4 is 22.3 Å². The fraction of sp³-hybridized carbons (Fsp3) is 0.389. The third-order valence-electron chi connectivity index (χ3n) is 4.13. The Morgan fingerprint density at radius 1 is 1.23 bits per heavy atom. The summed E-state index contributed by atoms with van der Waals surface area (Å²) >= 11 is 1.72. The van der Waals surface area contributed by atoms with Crippen LogP contribution in [0, 0.1) is 6.92 Å². The minimum absolute atomic E-state index is 0.217. The van der Waals surface area contributed by atoms with E-state index in [4.69, 9.17) is 4.74 Å². The Hall–Kier alpha value is -1.81. The lowest BCUT2D eigenvalue weighted by Gasteiger charge is -2.12. The maximum Gasteiger partial charge on any atom is 0.341 e. The van der Waals surface area contributed by atoms with Gasteiger partial charge in [0.25, 0.3) is 0 Å². The standard InChI is InChI=1S/C18H21NO2S/c1-12-7-9-13(10-8-12)11-19-17-16(18(20)21-2)14-5-3-4-6-15(14)22-17/h7-10,19H,3-6,11H2,1-2H3. The topological polar surface area (TPSA) is 38.3 Å². The lowest BCUT2D eigenvalue weighted by atomic mass is 9.95. The van der Waals surface area contributed by atoms with Crippen molar-refractivity contribution < 1.29 is 9.53 Å². The van der Waals surface area contributed by atoms with Crippen LogP contribution in [0.3, 0.4) is 0 Å². The molecule has 0 amide bonds. The number of methoxy groups -OCH3 is 1. The molecule has 1 aromatic carbocycles. The first-order valence-corrected chi connectivity index (χ1v) is 8.53. The van der Waals surface area contributed by atoms with Crippen molar-refractivity contribution in [3.8, 4) is 0 Å². The van der Waals surface area contributed by atoms with Crippen molar-refractivity contribution in [1.82, 2.24) is 0 Å². The summed E-state index contributed by atoms with van der Waals surface area (Å²) in [4.78, 5) is 13.5. The first kappa shape index (κ1) is 15.1. The number of carbonyl (C=O) groups is 1. The average molecular weight is 315 g/mol. The van der Waals surface area contributed by atoms with Gasteiger partial charge in [0.1, 0.15) is 5.00 Å². The second-order valence-corrected chi connectivity index (χ2v) is 6.85. The molecule has 3 rings (SSSR count). The van der Waals surface area contributed by atoms with Crippen LogP contribution in [0.5, 0.6) is 0 Å². The van der Waals surface area contributed by atoms with Crippen molar-refractivity contribution in [3.05, 3.63) is 51.4 Å². The van der Waals surface area contributed by atoms with Gasteiger partial charge in [-0.05, 0) is 43.7 Å². The van der Waals surface area contributed by atoms with Gasteiger partial charge in [0.2, 0.25) is 0 Å². The van der Waals surface area contributed by atoms with Gasteiger partial charge in [0, 0.05) is 11.4 Å². The van der Waals surface area contributed by atoms with Crippen LogP contribution in [0.15, 0.2) is 24.3 Å². The number of benzene rings is 1. The van der Waals surface area contributed by atoms with E-state index in [1.807, 2.05) is 0 Å². The Bertz CT molecular complexity index is 673. The van der Waals surface area contributed by atoms with E-state index in [9.17, 15) is 4.79 Å². The molecule has 0 bridgehead atoms. The van der Waals surface area contributed by atoms with Gasteiger partial charge in [-0.25, -0.2) is 4.79 Å². The minimum Gasteiger partial charge on any atom is -0.465 e. The quantitative estimate of drug-likeness (QED) is 0.853. The summed E-state index contributed by atoms with van der Waals surface area (Å²) in [7, 11) is 1.46. The van der Waals surface area contributed by atoms with E-state index in [1.54, 1.807) is 11.3 Å². The molecule has 0 radical (unpaired) electrons. The molecule has 0 unspecified atom stereocenters. The molecule has 0 atom stereocenters. The number of hydrogen-bond acceptors (Lipinski definition) is 4. The SMILES string of the molecule is COC(=O)c1c(NCc2ccc(C)cc2)sc2c1CCCC2. The Kier molecular flexibility index (Phi) is 4.48. The molecular weight excluding hydrogens is 294 g/mol. The zero-order valence-electron chi connectivity index (χ0n) is 13.1. The number of ether oxygens (including phenoxy) is 1. The van der Waals surface area contributed by atoms with Gasteiger partial charge in [-0.2, -0.15) is 0 Å². The Morgan fingerprint density at radius 2 is 1.95 bits per heavy atom. The maximum atomic E-state index is 12.2. The molecule has 1 aliphatic carbocycles. The van der Waals surface area contributed by atoms with E-state index in [2.05, 4.69) is 36.5 Å². The second-order valence-electron chi connectivity index (χ2n) is 5.75. The van der Waals surface area contributed by atoms with Crippen LogP contribution < -0.4 is 5.32 Å². The molecule has 0 aliphatic heterocycles. The van der Waals surface area contributed by atoms with E-state index < -0.39 is 0 Å². The summed E-state index contributed by atoms with van der Waals surface area (Å²) in [5.41, 5.74) is 4.43. The highest BCUT2D eigenvalue weighted by Gasteiger charge is 2.25. The lowest BCUT2D eigenvalue weighted by molar-refractivity contribution is 0.0601. The third kappa shape index (κ3) is 3.02. The van der Waals surface area contributed by atoms with Gasteiger partial charge in [0.05, 0.1) is 12.7 Å². The molecule has 4 heteroatoms. The van der Waals surface area contributed by atoms with Crippen LogP contribution in [0.4, 0.5) is 5.00 Å². The highest BCUT2D eigenvalue weighted by atomic mass is 32.1. The van der Waals surface area contributed by atoms with Crippen LogP contribution in [0.1, 0.15) is 44.8 Å². The van der Waals surface area contributed by atoms with E-state index in [1.165, 1.54) is 35.1 Å². The van der Waals surface area contributed by atoms with E-state index in [-0.39, 0.29) is 5.97 Å². The molecule has 1 N–H and O–H groups in total. The number of esters is 1. The summed E-state index contributed by atoms with van der Waals surface area (Å²) in [6.07, 6.45) is 4.44. The van der Waals surface area contributed by atoms with Crippen LogP contribution in [-0.4, -0.2) is 13.1 Å². The lowest BCUT2D eigenvalue weighted by Crippen LogP contribution is -2.10. The van der Waals surface area contributed by atoms with Gasteiger partial charge in [-0.15, -0.1) is 11.3 Å². The number of hydrogen-bond donors (Lipinski definition) is 1. The number of fused-ring (bicyclic) bond motifs is 1. The highest BCUT2D eigenvalue weighted by molar-refractivity contribution is 7.16. The Balaban J connectivity index is 1.84. The average Bonchev–Trinajstić information content (AvgIpc) is 2.92. The zero-order valence-corrected chi connectivity index (χ0v) is 13.9. The smallest absolute Gasteiger partial charge is 0.341 e. The van der Waals surface area contributed by atoms with Gasteiger partial charge >= 0.3 is 5.97 Å². The largest absolute Gasteiger partial charge is 0.465 e. The van der Waals surface area contributed by atoms with Crippen molar-refractivity contribution in [2.75, 3.05) is 12.4 Å². The maximum absolute atomic E-state index is 12.2. The van der Waals surface area contributed by atoms with Gasteiger partial charge in [0.15, 0.2) is 0 Å². The molecule has 1 aliphatic rings. The predicted octanol–water partition coefficient (Wildman–Crippen LogP) is 4.33. The first-order valence-electron chi connectivity index (χ1n) is 7.71. The molecule has 0 saturated heterocycles. The number of aryl methyl sites for hydroxylation is 2. The molecular formula is C18H21NO2S. The predicted molar refractivity (Wildman–Crippen MR) is 90.8 cm³/mol. The molecule has 0 saturated carbocycles. The summed E-state index contributed by atoms with van der Waals surface area (Å²) < 4.78 is 5.00. The monoisotopic (exact) mass is 315 g/mol. The summed E-state index contributed by atoms with van der Waals surface area (Å²) in [6, 6.07) is 8.46. The molecule has 116 valence electrons. The van der Waals surface area contributed by atoms with Gasteiger partial charge in [-0.3, -0.25) is 0 Å². The van der Waals surface area contributed by atoms with Crippen molar-refractivity contribution in [3.63, 3.8) is 0 Å². The van der Waals surface area contributed by atoms with Crippen molar-refractivity contribution in [1.29, 1.82) is 0 Å². The van der Waals surface area contributed by atoms with Gasteiger partial charge in [-0.1, -0.05) is 29.8 Å². The van der Waals surface area contributed by atoms with Crippen LogP contribution in [0.25, 0.3) is 0 Å². The molecule has 22 heavy (non-hydrogen) atoms. The fourth-order valence-corrected chi connectivity index (χ4v) is 4.17. The molecule has 2 aromatic rings. The second kappa shape index (κ2) is 6.53. The molecule has 0 spiro atoms. The Labute approximate surface area is 135 Å². The Morgan fingerprint density at radius 3 is 2.68 bits per heavy atom. The third-order valence-corrected chi connectivity index (χ3v) is 5.38. The van der Waals surface area contributed by atoms with E-state index in [0.29, 0.717) is 0 Å². The summed E-state index contributed by atoms with van der Waals surface area (Å²) in [5, 5.41) is 4.40. The molecule has 0 fully saturated rings. The van der Waals surface area contributed by atoms with Gasteiger partial charge < -0.3 is 10.1 Å². The number of carbonyl (C=O) groups excluding carboxylic acids is 1. The number of anilines is 1. The summed E-state index contributed by atoms with van der Waals surface area (Å²) in [5.74, 6) is -0.217. The first-order chi connectivity index (χ1) is 10.7. The highest BCUT2D eigenvalue weighted by Crippen LogP contribution is 2.38. The normalized spacial score (nSPS) is 13.5.